The number of anilines is 1. The molecule has 0 heterocycles. The summed E-state index contributed by atoms with van der Waals surface area (Å²) in [5, 5.41) is 3.91. The third-order valence-electron chi connectivity index (χ3n) is 3.70. The number of halogens is 1. The summed E-state index contributed by atoms with van der Waals surface area (Å²) in [7, 11) is -2.18. The van der Waals surface area contributed by atoms with Crippen molar-refractivity contribution in [1.82, 2.24) is 5.43 Å². The number of hydrogen-bond donors (Lipinski definition) is 1. The Balaban J connectivity index is 2.18. The number of carbonyl (C=O) groups excluding carboxylic acids is 1. The lowest BCUT2D eigenvalue weighted by Gasteiger charge is -2.27. The molecule has 0 aromatic heterocycles. The van der Waals surface area contributed by atoms with E-state index in [1.165, 1.54) is 20.2 Å². The monoisotopic (exact) mass is 453 g/mol. The van der Waals surface area contributed by atoms with Crippen LogP contribution in [-0.2, 0) is 14.8 Å². The summed E-state index contributed by atoms with van der Waals surface area (Å²) in [4.78, 5) is 12.4. The van der Waals surface area contributed by atoms with Crippen molar-refractivity contribution in [3.8, 4) is 5.75 Å². The predicted molar refractivity (Wildman–Crippen MR) is 110 cm³/mol. The summed E-state index contributed by atoms with van der Waals surface area (Å²) in [6, 6.07) is 12.8. The van der Waals surface area contributed by atoms with Gasteiger partial charge in [0.05, 0.1) is 25.3 Å². The maximum atomic E-state index is 12.4. The van der Waals surface area contributed by atoms with Gasteiger partial charge in [-0.3, -0.25) is 9.10 Å². The lowest BCUT2D eigenvalue weighted by Crippen LogP contribution is -2.46. The second-order valence-corrected chi connectivity index (χ2v) is 8.40. The van der Waals surface area contributed by atoms with Gasteiger partial charge < -0.3 is 4.74 Å². The van der Waals surface area contributed by atoms with Crippen molar-refractivity contribution < 1.29 is 17.9 Å². The summed E-state index contributed by atoms with van der Waals surface area (Å²) in [5.74, 6) is 0.0295. The molecule has 0 spiro atoms. The van der Waals surface area contributed by atoms with Crippen LogP contribution in [0.1, 0.15) is 12.5 Å². The molecule has 2 rings (SSSR count). The van der Waals surface area contributed by atoms with Crippen LogP contribution >= 0.6 is 15.9 Å². The Morgan fingerprint density at radius 3 is 2.41 bits per heavy atom. The molecule has 0 saturated carbocycles. The average molecular weight is 454 g/mol. The molecular formula is C18H20BrN3O4S. The van der Waals surface area contributed by atoms with Gasteiger partial charge in [0.1, 0.15) is 11.8 Å². The van der Waals surface area contributed by atoms with Crippen LogP contribution in [0.15, 0.2) is 58.1 Å². The Kier molecular flexibility index (Phi) is 6.98. The fourth-order valence-electron chi connectivity index (χ4n) is 2.38. The lowest BCUT2D eigenvalue weighted by molar-refractivity contribution is -0.121. The topological polar surface area (TPSA) is 88.1 Å². The Morgan fingerprint density at radius 1 is 1.22 bits per heavy atom. The minimum absolute atomic E-state index is 0.357. The third kappa shape index (κ3) is 5.54. The minimum atomic E-state index is -3.69. The lowest BCUT2D eigenvalue weighted by atomic mass is 10.2. The normalized spacial score (nSPS) is 12.6. The molecule has 1 atom stereocenters. The molecular weight excluding hydrogens is 434 g/mol. The zero-order valence-electron chi connectivity index (χ0n) is 15.1. The van der Waals surface area contributed by atoms with Crippen molar-refractivity contribution in [2.24, 2.45) is 5.10 Å². The van der Waals surface area contributed by atoms with E-state index in [2.05, 4.69) is 26.5 Å². The van der Waals surface area contributed by atoms with Crippen LogP contribution in [0.5, 0.6) is 5.75 Å². The summed E-state index contributed by atoms with van der Waals surface area (Å²) in [6.07, 6.45) is 2.53. The van der Waals surface area contributed by atoms with Crippen LogP contribution < -0.4 is 14.5 Å². The van der Waals surface area contributed by atoms with Gasteiger partial charge in [0.25, 0.3) is 5.91 Å². The van der Waals surface area contributed by atoms with E-state index in [9.17, 15) is 13.2 Å². The van der Waals surface area contributed by atoms with Gasteiger partial charge in [-0.25, -0.2) is 13.8 Å². The quantitative estimate of drug-likeness (QED) is 0.515. The number of amides is 1. The number of hydrazone groups is 1. The van der Waals surface area contributed by atoms with E-state index < -0.39 is 22.0 Å². The van der Waals surface area contributed by atoms with Crippen molar-refractivity contribution in [1.29, 1.82) is 0 Å². The van der Waals surface area contributed by atoms with Crippen LogP contribution in [0, 0.1) is 0 Å². The first-order valence-corrected chi connectivity index (χ1v) is 10.6. The second-order valence-electron chi connectivity index (χ2n) is 5.69. The van der Waals surface area contributed by atoms with Crippen LogP contribution in [0.25, 0.3) is 0 Å². The summed E-state index contributed by atoms with van der Waals surface area (Å²) in [6.45, 7) is 1.49. The molecule has 2 aromatic rings. The standard InChI is InChI=1S/C18H20BrN3O4S/c1-13(18(23)21-20-12-14-6-4-5-7-17(14)19)22(27(3,24)25)15-8-10-16(26-2)11-9-15/h4-13H,1-3H3,(H,21,23)/b20-12+. The Morgan fingerprint density at radius 2 is 1.85 bits per heavy atom. The molecule has 0 bridgehead atoms. The van der Waals surface area contributed by atoms with Crippen LogP contribution in [-0.4, -0.2) is 39.9 Å². The van der Waals surface area contributed by atoms with Gasteiger partial charge in [-0.15, -0.1) is 0 Å². The van der Waals surface area contributed by atoms with Crippen molar-refractivity contribution in [2.75, 3.05) is 17.7 Å². The smallest absolute Gasteiger partial charge is 0.263 e. The number of ether oxygens (including phenoxy) is 1. The molecule has 0 aliphatic heterocycles. The van der Waals surface area contributed by atoms with Crippen molar-refractivity contribution >= 4 is 43.8 Å². The molecule has 0 radical (unpaired) electrons. The zero-order chi connectivity index (χ0) is 20.0. The summed E-state index contributed by atoms with van der Waals surface area (Å²) < 4.78 is 31.4. The Labute approximate surface area is 167 Å². The first-order valence-electron chi connectivity index (χ1n) is 7.95. The first kappa shape index (κ1) is 20.9. The number of hydrogen-bond acceptors (Lipinski definition) is 5. The average Bonchev–Trinajstić information content (AvgIpc) is 2.62. The number of sulfonamides is 1. The molecule has 1 amide bonds. The number of methoxy groups -OCH3 is 1. The third-order valence-corrected chi connectivity index (χ3v) is 5.66. The van der Waals surface area contributed by atoms with Crippen molar-refractivity contribution in [2.45, 2.75) is 13.0 Å². The van der Waals surface area contributed by atoms with E-state index in [1.807, 2.05) is 24.3 Å². The van der Waals surface area contributed by atoms with E-state index in [0.717, 1.165) is 20.6 Å². The van der Waals surface area contributed by atoms with Gasteiger partial charge in [0.2, 0.25) is 10.0 Å². The summed E-state index contributed by atoms with van der Waals surface area (Å²) in [5.41, 5.74) is 3.52. The van der Waals surface area contributed by atoms with Crippen LogP contribution in [0.2, 0.25) is 0 Å². The van der Waals surface area contributed by atoms with Crippen molar-refractivity contribution in [3.63, 3.8) is 0 Å². The van der Waals surface area contributed by atoms with Gasteiger partial charge in [-0.05, 0) is 37.3 Å². The second kappa shape index (κ2) is 9.01. The first-order chi connectivity index (χ1) is 12.7. The number of nitrogens with one attached hydrogen (secondary N) is 1. The van der Waals surface area contributed by atoms with Crippen LogP contribution in [0.4, 0.5) is 5.69 Å². The predicted octanol–water partition coefficient (Wildman–Crippen LogP) is 2.76. The van der Waals surface area contributed by atoms with Gasteiger partial charge >= 0.3 is 0 Å². The van der Waals surface area contributed by atoms with Crippen molar-refractivity contribution in [3.05, 3.63) is 58.6 Å². The molecule has 0 fully saturated rings. The fourth-order valence-corrected chi connectivity index (χ4v) is 3.94. The minimum Gasteiger partial charge on any atom is -0.497 e. The summed E-state index contributed by atoms with van der Waals surface area (Å²) >= 11 is 3.38. The largest absolute Gasteiger partial charge is 0.497 e. The highest BCUT2D eigenvalue weighted by atomic mass is 79.9. The molecule has 144 valence electrons. The molecule has 2 aromatic carbocycles. The van der Waals surface area contributed by atoms with Crippen LogP contribution in [0.3, 0.4) is 0 Å². The SMILES string of the molecule is COc1ccc(N(C(C)C(=O)N/N=C/c2ccccc2Br)S(C)(=O)=O)cc1. The number of carbonyl (C=O) groups is 1. The van der Waals surface area contributed by atoms with Gasteiger partial charge in [0, 0.05) is 10.0 Å². The maximum Gasteiger partial charge on any atom is 0.263 e. The molecule has 0 aliphatic carbocycles. The zero-order valence-corrected chi connectivity index (χ0v) is 17.5. The highest BCUT2D eigenvalue weighted by molar-refractivity contribution is 9.10. The van der Waals surface area contributed by atoms with E-state index >= 15 is 0 Å². The molecule has 7 nitrogen and oxygen atoms in total. The molecule has 27 heavy (non-hydrogen) atoms. The number of benzene rings is 2. The maximum absolute atomic E-state index is 12.4. The van der Waals surface area contributed by atoms with E-state index in [-0.39, 0.29) is 0 Å². The van der Waals surface area contributed by atoms with E-state index in [1.54, 1.807) is 24.3 Å². The van der Waals surface area contributed by atoms with Gasteiger partial charge in [0.15, 0.2) is 0 Å². The number of rotatable bonds is 7. The van der Waals surface area contributed by atoms with E-state index in [4.69, 9.17) is 4.74 Å². The Bertz CT molecular complexity index is 930. The molecule has 1 unspecified atom stereocenters. The Hall–Kier alpha value is -2.39. The highest BCUT2D eigenvalue weighted by Gasteiger charge is 2.29. The number of nitrogens with zero attached hydrogens (tertiary/aromatic N) is 2. The highest BCUT2D eigenvalue weighted by Crippen LogP contribution is 2.23. The molecule has 1 N–H and O–H groups in total. The fraction of sp³-hybridized carbons (Fsp3) is 0.222. The van der Waals surface area contributed by atoms with E-state index in [0.29, 0.717) is 11.4 Å². The molecule has 9 heteroatoms. The van der Waals surface area contributed by atoms with Gasteiger partial charge in [-0.1, -0.05) is 34.1 Å². The molecule has 0 saturated heterocycles. The molecule has 0 aliphatic rings. The van der Waals surface area contributed by atoms with Gasteiger partial charge in [-0.2, -0.15) is 5.10 Å².